The summed E-state index contributed by atoms with van der Waals surface area (Å²) in [6, 6.07) is 3.76. The van der Waals surface area contributed by atoms with Crippen molar-refractivity contribution in [3.8, 4) is 0 Å². The minimum Gasteiger partial charge on any atom is -0.398 e. The number of tetrazole rings is 1. The maximum absolute atomic E-state index is 13.0. The Hall–Kier alpha value is -1.83. The topological polar surface area (TPSA) is 86.7 Å². The molecule has 0 spiro atoms. The number of hydrogen-bond donors (Lipinski definition) is 1. The smallest absolute Gasteiger partial charge is 0.187 e. The molecule has 2 N–H and O–H groups in total. The summed E-state index contributed by atoms with van der Waals surface area (Å²) in [6.07, 6.45) is 0. The molecule has 2 aromatic rings. The van der Waals surface area contributed by atoms with Crippen LogP contribution in [0.4, 0.5) is 10.1 Å². The molecule has 90 valence electrons. The van der Waals surface area contributed by atoms with Crippen molar-refractivity contribution >= 4 is 16.5 Å². The Labute approximate surface area is 99.1 Å². The number of rotatable bonds is 3. The van der Waals surface area contributed by atoms with Crippen LogP contribution in [0.5, 0.6) is 0 Å². The number of halogens is 1. The second-order valence-electron chi connectivity index (χ2n) is 3.37. The average Bonchev–Trinajstić information content (AvgIpc) is 2.67. The summed E-state index contributed by atoms with van der Waals surface area (Å²) in [5, 5.41) is 11.2. The molecule has 1 heterocycles. The molecule has 0 saturated heterocycles. The molecule has 1 aromatic heterocycles. The van der Waals surface area contributed by atoms with E-state index in [4.69, 9.17) is 5.73 Å². The van der Waals surface area contributed by atoms with Crippen molar-refractivity contribution in [3.63, 3.8) is 0 Å². The first-order valence-corrected chi connectivity index (χ1v) is 6.04. The molecule has 0 aliphatic carbocycles. The number of aromatic nitrogens is 4. The van der Waals surface area contributed by atoms with Crippen LogP contribution < -0.4 is 5.73 Å². The standard InChI is InChI=1S/C9H10FN5OS/c1-15-13-9(12-14-15)5-17(16)8-4-6(10)2-3-7(8)11/h2-4H,5,11H2,1H3. The highest BCUT2D eigenvalue weighted by molar-refractivity contribution is 7.84. The van der Waals surface area contributed by atoms with E-state index < -0.39 is 16.6 Å². The van der Waals surface area contributed by atoms with Gasteiger partial charge in [-0.25, -0.2) is 4.39 Å². The van der Waals surface area contributed by atoms with Gasteiger partial charge in [0.1, 0.15) is 5.82 Å². The van der Waals surface area contributed by atoms with Gasteiger partial charge in [-0.3, -0.25) is 4.21 Å². The van der Waals surface area contributed by atoms with Crippen molar-refractivity contribution in [2.75, 3.05) is 5.73 Å². The molecule has 0 amide bonds. The summed E-state index contributed by atoms with van der Waals surface area (Å²) in [5.41, 5.74) is 5.91. The average molecular weight is 255 g/mol. The Morgan fingerprint density at radius 3 is 2.94 bits per heavy atom. The molecule has 0 bridgehead atoms. The van der Waals surface area contributed by atoms with Crippen molar-refractivity contribution in [1.29, 1.82) is 0 Å². The predicted molar refractivity (Wildman–Crippen MR) is 59.7 cm³/mol. The largest absolute Gasteiger partial charge is 0.398 e. The van der Waals surface area contributed by atoms with Gasteiger partial charge in [0.15, 0.2) is 5.82 Å². The second kappa shape index (κ2) is 4.58. The van der Waals surface area contributed by atoms with Gasteiger partial charge in [-0.1, -0.05) is 0 Å². The first-order chi connectivity index (χ1) is 8.06. The fraction of sp³-hybridized carbons (Fsp3) is 0.222. The molecular formula is C9H10FN5OS. The van der Waals surface area contributed by atoms with Crippen LogP contribution in [-0.2, 0) is 23.6 Å². The van der Waals surface area contributed by atoms with E-state index >= 15 is 0 Å². The molecule has 0 aliphatic heterocycles. The lowest BCUT2D eigenvalue weighted by molar-refractivity contribution is 0.622. The van der Waals surface area contributed by atoms with E-state index in [1.807, 2.05) is 0 Å². The van der Waals surface area contributed by atoms with Gasteiger partial charge in [0, 0.05) is 5.69 Å². The third-order valence-corrected chi connectivity index (χ3v) is 3.40. The van der Waals surface area contributed by atoms with Gasteiger partial charge >= 0.3 is 0 Å². The molecule has 1 atom stereocenters. The molecule has 1 unspecified atom stereocenters. The Bertz CT molecular complexity index is 570. The molecule has 1 aromatic carbocycles. The molecular weight excluding hydrogens is 245 g/mol. The van der Waals surface area contributed by atoms with E-state index in [0.29, 0.717) is 5.82 Å². The molecule has 2 rings (SSSR count). The quantitative estimate of drug-likeness (QED) is 0.794. The van der Waals surface area contributed by atoms with E-state index in [0.717, 1.165) is 6.07 Å². The van der Waals surface area contributed by atoms with Crippen LogP contribution in [0.1, 0.15) is 5.82 Å². The van der Waals surface area contributed by atoms with Crippen molar-refractivity contribution in [2.24, 2.45) is 7.05 Å². The Balaban J connectivity index is 2.22. The second-order valence-corrected chi connectivity index (χ2v) is 4.79. The van der Waals surface area contributed by atoms with Gasteiger partial charge in [-0.2, -0.15) is 4.80 Å². The van der Waals surface area contributed by atoms with Crippen molar-refractivity contribution < 1.29 is 8.60 Å². The number of nitrogen functional groups attached to an aromatic ring is 1. The molecule has 17 heavy (non-hydrogen) atoms. The Kier molecular flexibility index (Phi) is 3.14. The van der Waals surface area contributed by atoms with Gasteiger partial charge < -0.3 is 5.73 Å². The minimum absolute atomic E-state index is 0.0570. The maximum atomic E-state index is 13.0. The normalized spacial score (nSPS) is 12.6. The minimum atomic E-state index is -1.49. The van der Waals surface area contributed by atoms with Crippen LogP contribution in [0.25, 0.3) is 0 Å². The summed E-state index contributed by atoms with van der Waals surface area (Å²) >= 11 is 0. The number of nitrogens with two attached hydrogens (primary N) is 1. The number of hydrogen-bond acceptors (Lipinski definition) is 5. The molecule has 0 radical (unpaired) electrons. The van der Waals surface area contributed by atoms with Gasteiger partial charge in [-0.15, -0.1) is 10.2 Å². The lowest BCUT2D eigenvalue weighted by Crippen LogP contribution is -2.03. The lowest BCUT2D eigenvalue weighted by Gasteiger charge is -2.03. The van der Waals surface area contributed by atoms with Gasteiger partial charge in [0.25, 0.3) is 0 Å². The molecule has 0 fully saturated rings. The van der Waals surface area contributed by atoms with E-state index in [9.17, 15) is 8.60 Å². The summed E-state index contributed by atoms with van der Waals surface area (Å²) in [4.78, 5) is 1.51. The van der Waals surface area contributed by atoms with Crippen molar-refractivity contribution in [2.45, 2.75) is 10.6 Å². The fourth-order valence-corrected chi connectivity index (χ4v) is 2.36. The van der Waals surface area contributed by atoms with Gasteiger partial charge in [0.05, 0.1) is 28.5 Å². The maximum Gasteiger partial charge on any atom is 0.187 e. The third-order valence-electron chi connectivity index (χ3n) is 2.03. The monoisotopic (exact) mass is 255 g/mol. The summed E-state index contributed by atoms with van der Waals surface area (Å²) in [6.45, 7) is 0. The SMILES string of the molecule is Cn1nnc(CS(=O)c2cc(F)ccc2N)n1. The summed E-state index contributed by atoms with van der Waals surface area (Å²) in [5.74, 6) is -0.0919. The van der Waals surface area contributed by atoms with E-state index in [1.165, 1.54) is 16.9 Å². The number of nitrogens with zero attached hydrogens (tertiary/aromatic N) is 4. The summed E-state index contributed by atoms with van der Waals surface area (Å²) < 4.78 is 25.0. The van der Waals surface area contributed by atoms with Crippen LogP contribution in [0.2, 0.25) is 0 Å². The highest BCUT2D eigenvalue weighted by Crippen LogP contribution is 2.19. The van der Waals surface area contributed by atoms with Crippen LogP contribution >= 0.6 is 0 Å². The zero-order chi connectivity index (χ0) is 12.4. The molecule has 6 nitrogen and oxygen atoms in total. The number of benzene rings is 1. The van der Waals surface area contributed by atoms with Crippen LogP contribution in [0.15, 0.2) is 23.1 Å². The van der Waals surface area contributed by atoms with E-state index in [1.54, 1.807) is 7.05 Å². The predicted octanol–water partition coefficient (Wildman–Crippen LogP) is 0.239. The van der Waals surface area contributed by atoms with Crippen LogP contribution in [0.3, 0.4) is 0 Å². The van der Waals surface area contributed by atoms with E-state index in [-0.39, 0.29) is 16.3 Å². The Morgan fingerprint density at radius 1 is 1.53 bits per heavy atom. The van der Waals surface area contributed by atoms with Crippen LogP contribution in [-0.4, -0.2) is 24.4 Å². The van der Waals surface area contributed by atoms with Gasteiger partial charge in [0.2, 0.25) is 0 Å². The van der Waals surface area contributed by atoms with Crippen molar-refractivity contribution in [1.82, 2.24) is 20.2 Å². The first kappa shape index (κ1) is 11.6. The molecule has 8 heteroatoms. The fourth-order valence-electron chi connectivity index (χ4n) is 1.28. The zero-order valence-corrected chi connectivity index (χ0v) is 9.82. The summed E-state index contributed by atoms with van der Waals surface area (Å²) in [7, 11) is 0.121. The van der Waals surface area contributed by atoms with Crippen molar-refractivity contribution in [3.05, 3.63) is 29.8 Å². The van der Waals surface area contributed by atoms with E-state index in [2.05, 4.69) is 15.4 Å². The zero-order valence-electron chi connectivity index (χ0n) is 9.00. The number of aryl methyl sites for hydroxylation is 1. The Morgan fingerprint density at radius 2 is 2.29 bits per heavy atom. The number of anilines is 1. The lowest BCUT2D eigenvalue weighted by atomic mass is 10.3. The van der Waals surface area contributed by atoms with Crippen LogP contribution in [0, 0.1) is 5.82 Å². The first-order valence-electron chi connectivity index (χ1n) is 4.72. The highest BCUT2D eigenvalue weighted by atomic mass is 32.2. The van der Waals surface area contributed by atoms with Gasteiger partial charge in [-0.05, 0) is 23.4 Å². The molecule has 0 saturated carbocycles. The highest BCUT2D eigenvalue weighted by Gasteiger charge is 2.13. The third kappa shape index (κ3) is 2.64. The molecule has 0 aliphatic rings.